The minimum absolute atomic E-state index is 0.429. The van der Waals surface area contributed by atoms with Crippen LogP contribution in [-0.2, 0) is 0 Å². The quantitative estimate of drug-likeness (QED) is 0.233. The molecule has 1 aliphatic carbocycles. The summed E-state index contributed by atoms with van der Waals surface area (Å²) in [6, 6.07) is 37.7. The van der Waals surface area contributed by atoms with Gasteiger partial charge in [0.2, 0.25) is 0 Å². The number of hydrogen-bond donors (Lipinski definition) is 0. The first-order valence-electron chi connectivity index (χ1n) is 12.6. The van der Waals surface area contributed by atoms with E-state index >= 15 is 0 Å². The summed E-state index contributed by atoms with van der Waals surface area (Å²) in [5.74, 6) is 0.429. The Morgan fingerprint density at radius 2 is 1.44 bits per heavy atom. The Kier molecular flexibility index (Phi) is 4.29. The molecule has 2 heterocycles. The molecule has 2 heteroatoms. The van der Waals surface area contributed by atoms with Gasteiger partial charge in [-0.2, -0.15) is 0 Å². The molecule has 7 aromatic rings. The summed E-state index contributed by atoms with van der Waals surface area (Å²) in [6.45, 7) is 0. The number of fused-ring (bicyclic) bond motifs is 9. The highest BCUT2D eigenvalue weighted by Gasteiger charge is 2.20. The SMILES string of the molecule is C1=CC(c2ccccc2)CC=C1n1c2ccccc2c2ccc3c(sc4ccc5ccccc5c43)c21. The van der Waals surface area contributed by atoms with E-state index in [4.69, 9.17) is 0 Å². The van der Waals surface area contributed by atoms with Gasteiger partial charge in [0.05, 0.1) is 15.7 Å². The van der Waals surface area contributed by atoms with E-state index in [1.54, 1.807) is 0 Å². The molecule has 0 radical (unpaired) electrons. The lowest BCUT2D eigenvalue weighted by atomic mass is 9.92. The van der Waals surface area contributed by atoms with Crippen LogP contribution in [0.1, 0.15) is 17.9 Å². The maximum absolute atomic E-state index is 2.50. The van der Waals surface area contributed by atoms with Gasteiger partial charge in [0.1, 0.15) is 0 Å². The second kappa shape index (κ2) is 7.68. The van der Waals surface area contributed by atoms with Crippen molar-refractivity contribution < 1.29 is 0 Å². The van der Waals surface area contributed by atoms with Gasteiger partial charge in [-0.05, 0) is 41.0 Å². The monoisotopic (exact) mass is 477 g/mol. The van der Waals surface area contributed by atoms with E-state index in [0.717, 1.165) is 6.42 Å². The van der Waals surface area contributed by atoms with Crippen molar-refractivity contribution in [2.24, 2.45) is 0 Å². The number of nitrogens with zero attached hydrogens (tertiary/aromatic N) is 1. The number of para-hydroxylation sites is 1. The lowest BCUT2D eigenvalue weighted by Crippen LogP contribution is -2.02. The van der Waals surface area contributed by atoms with E-state index in [9.17, 15) is 0 Å². The van der Waals surface area contributed by atoms with Crippen molar-refractivity contribution in [3.8, 4) is 0 Å². The predicted molar refractivity (Wildman–Crippen MR) is 157 cm³/mol. The third-order valence-corrected chi connectivity index (χ3v) is 8.91. The van der Waals surface area contributed by atoms with Crippen LogP contribution in [-0.4, -0.2) is 4.57 Å². The van der Waals surface area contributed by atoms with Gasteiger partial charge in [-0.15, -0.1) is 11.3 Å². The molecule has 1 atom stereocenters. The Hall–Kier alpha value is -4.14. The summed E-state index contributed by atoms with van der Waals surface area (Å²) >= 11 is 1.92. The van der Waals surface area contributed by atoms with Crippen molar-refractivity contribution in [1.82, 2.24) is 4.57 Å². The fourth-order valence-electron chi connectivity index (χ4n) is 6.04. The maximum atomic E-state index is 2.50. The molecule has 8 rings (SSSR count). The van der Waals surface area contributed by atoms with Gasteiger partial charge in [0, 0.05) is 37.9 Å². The van der Waals surface area contributed by atoms with Gasteiger partial charge < -0.3 is 4.57 Å². The molecule has 0 spiro atoms. The molecule has 1 nitrogen and oxygen atoms in total. The largest absolute Gasteiger partial charge is 0.308 e. The molecule has 0 fully saturated rings. The molecule has 1 unspecified atom stereocenters. The van der Waals surface area contributed by atoms with E-state index in [2.05, 4.69) is 126 Å². The molecule has 1 aliphatic rings. The highest BCUT2D eigenvalue weighted by atomic mass is 32.1. The van der Waals surface area contributed by atoms with Crippen molar-refractivity contribution in [1.29, 1.82) is 0 Å². The van der Waals surface area contributed by atoms with Crippen LogP contribution in [0.4, 0.5) is 0 Å². The van der Waals surface area contributed by atoms with E-state index < -0.39 is 0 Å². The van der Waals surface area contributed by atoms with Crippen LogP contribution >= 0.6 is 11.3 Å². The van der Waals surface area contributed by atoms with Crippen LogP contribution < -0.4 is 0 Å². The number of allylic oxidation sites excluding steroid dienone is 4. The molecule has 36 heavy (non-hydrogen) atoms. The summed E-state index contributed by atoms with van der Waals surface area (Å²) in [4.78, 5) is 0. The van der Waals surface area contributed by atoms with Crippen molar-refractivity contribution in [3.63, 3.8) is 0 Å². The Morgan fingerprint density at radius 1 is 0.667 bits per heavy atom. The average molecular weight is 478 g/mol. The Labute approximate surface area is 213 Å². The molecule has 170 valence electrons. The van der Waals surface area contributed by atoms with Gasteiger partial charge in [0.25, 0.3) is 0 Å². The predicted octanol–water partition coefficient (Wildman–Crippen LogP) is 9.90. The van der Waals surface area contributed by atoms with E-state index in [0.29, 0.717) is 5.92 Å². The summed E-state index contributed by atoms with van der Waals surface area (Å²) in [5, 5.41) is 8.01. The fraction of sp³-hybridized carbons (Fsp3) is 0.0588. The lowest BCUT2D eigenvalue weighted by molar-refractivity contribution is 0.850. The molecule has 0 bridgehead atoms. The second-order valence-corrected chi connectivity index (χ2v) is 10.7. The van der Waals surface area contributed by atoms with Gasteiger partial charge in [-0.3, -0.25) is 0 Å². The van der Waals surface area contributed by atoms with Crippen LogP contribution in [0.15, 0.2) is 121 Å². The van der Waals surface area contributed by atoms with Gasteiger partial charge in [-0.1, -0.05) is 103 Å². The Morgan fingerprint density at radius 3 is 2.31 bits per heavy atom. The number of rotatable bonds is 2. The summed E-state index contributed by atoms with van der Waals surface area (Å²) in [6.07, 6.45) is 8.14. The molecule has 0 aliphatic heterocycles. The standard InChI is InChI=1S/C34H23NS/c1-2-8-22(9-3-1)23-14-17-25(18-15-23)35-30-13-7-6-12-27(30)28-19-20-29-32-26-11-5-4-10-24(26)16-21-31(32)36-34(29)33(28)35/h1-14,16-21,23H,15H2. The minimum Gasteiger partial charge on any atom is -0.308 e. The van der Waals surface area contributed by atoms with E-state index in [1.165, 1.54) is 64.0 Å². The molecule has 5 aromatic carbocycles. The van der Waals surface area contributed by atoms with Crippen LogP contribution in [0.3, 0.4) is 0 Å². The van der Waals surface area contributed by atoms with E-state index in [-0.39, 0.29) is 0 Å². The molecule has 0 amide bonds. The number of hydrogen-bond acceptors (Lipinski definition) is 1. The van der Waals surface area contributed by atoms with Crippen LogP contribution in [0.5, 0.6) is 0 Å². The highest BCUT2D eigenvalue weighted by Crippen LogP contribution is 2.45. The normalized spacial score (nSPS) is 16.0. The molecule has 0 saturated carbocycles. The first kappa shape index (κ1) is 20.1. The van der Waals surface area contributed by atoms with Crippen LogP contribution in [0.2, 0.25) is 0 Å². The molecule has 2 aromatic heterocycles. The van der Waals surface area contributed by atoms with Crippen LogP contribution in [0, 0.1) is 0 Å². The van der Waals surface area contributed by atoms with Gasteiger partial charge in [-0.25, -0.2) is 0 Å². The smallest absolute Gasteiger partial charge is 0.0719 e. The third-order valence-electron chi connectivity index (χ3n) is 7.73. The Bertz CT molecular complexity index is 2020. The zero-order valence-corrected chi connectivity index (χ0v) is 20.5. The molecular formula is C34H23NS. The van der Waals surface area contributed by atoms with Crippen molar-refractivity contribution >= 4 is 69.8 Å². The third kappa shape index (κ3) is 2.82. The molecular weight excluding hydrogens is 454 g/mol. The fourth-order valence-corrected chi connectivity index (χ4v) is 7.30. The highest BCUT2D eigenvalue weighted by molar-refractivity contribution is 7.26. The number of benzene rings is 5. The zero-order valence-electron chi connectivity index (χ0n) is 19.7. The van der Waals surface area contributed by atoms with E-state index in [1.807, 2.05) is 11.3 Å². The van der Waals surface area contributed by atoms with Crippen molar-refractivity contribution in [3.05, 3.63) is 127 Å². The average Bonchev–Trinajstić information content (AvgIpc) is 3.50. The van der Waals surface area contributed by atoms with Crippen molar-refractivity contribution in [2.75, 3.05) is 0 Å². The van der Waals surface area contributed by atoms with Crippen LogP contribution in [0.25, 0.3) is 58.4 Å². The maximum Gasteiger partial charge on any atom is 0.0719 e. The first-order valence-corrected chi connectivity index (χ1v) is 13.4. The second-order valence-electron chi connectivity index (χ2n) is 9.69. The lowest BCUT2D eigenvalue weighted by Gasteiger charge is -2.18. The zero-order chi connectivity index (χ0) is 23.6. The summed E-state index contributed by atoms with van der Waals surface area (Å²) < 4.78 is 5.22. The number of aromatic nitrogens is 1. The topological polar surface area (TPSA) is 4.93 Å². The summed E-state index contributed by atoms with van der Waals surface area (Å²) in [7, 11) is 0. The van der Waals surface area contributed by atoms with Gasteiger partial charge in [0.15, 0.2) is 0 Å². The summed E-state index contributed by atoms with van der Waals surface area (Å²) in [5.41, 5.74) is 5.25. The minimum atomic E-state index is 0.429. The van der Waals surface area contributed by atoms with Crippen molar-refractivity contribution in [2.45, 2.75) is 12.3 Å². The first-order chi connectivity index (χ1) is 17.9. The Balaban J connectivity index is 1.42. The molecule has 0 N–H and O–H groups in total. The molecule has 0 saturated heterocycles. The van der Waals surface area contributed by atoms with Gasteiger partial charge >= 0.3 is 0 Å². The number of thiophene rings is 1.